The maximum Gasteiger partial charge on any atom is 0.242 e. The van der Waals surface area contributed by atoms with E-state index in [1.165, 1.54) is 12.1 Å². The largest absolute Gasteiger partial charge is 0.348 e. The number of rotatable bonds is 4. The molecule has 1 atom stereocenters. The Kier molecular flexibility index (Phi) is 4.70. The van der Waals surface area contributed by atoms with Crippen molar-refractivity contribution < 1.29 is 13.6 Å². The third kappa shape index (κ3) is 3.54. The first kappa shape index (κ1) is 18.3. The van der Waals surface area contributed by atoms with Gasteiger partial charge in [0.05, 0.1) is 23.6 Å². The highest BCUT2D eigenvalue weighted by molar-refractivity contribution is 5.76. The first-order chi connectivity index (χ1) is 13.4. The van der Waals surface area contributed by atoms with Crippen molar-refractivity contribution in [1.82, 2.24) is 24.9 Å². The van der Waals surface area contributed by atoms with Crippen molar-refractivity contribution in [3.63, 3.8) is 0 Å². The molecule has 1 amide bonds. The average molecular weight is 385 g/mol. The van der Waals surface area contributed by atoms with Crippen LogP contribution in [0.1, 0.15) is 41.5 Å². The number of carbonyl (C=O) groups excluding carboxylic acids is 1. The molecule has 0 spiro atoms. The monoisotopic (exact) mass is 385 g/mol. The zero-order chi connectivity index (χ0) is 19.8. The number of aromatic nitrogens is 4. The van der Waals surface area contributed by atoms with Crippen molar-refractivity contribution in [2.75, 3.05) is 0 Å². The molecule has 6 nitrogen and oxygen atoms in total. The summed E-state index contributed by atoms with van der Waals surface area (Å²) < 4.78 is 30.4. The van der Waals surface area contributed by atoms with Gasteiger partial charge in [-0.25, -0.2) is 13.5 Å². The van der Waals surface area contributed by atoms with E-state index in [2.05, 4.69) is 15.5 Å². The summed E-state index contributed by atoms with van der Waals surface area (Å²) in [4.78, 5) is 12.5. The average Bonchev–Trinajstić information content (AvgIpc) is 3.18. The van der Waals surface area contributed by atoms with Crippen LogP contribution in [0.2, 0.25) is 0 Å². The van der Waals surface area contributed by atoms with Gasteiger partial charge in [-0.2, -0.15) is 10.2 Å². The highest BCUT2D eigenvalue weighted by Crippen LogP contribution is 2.31. The minimum Gasteiger partial charge on any atom is -0.348 e. The first-order valence-corrected chi connectivity index (χ1v) is 9.24. The van der Waals surface area contributed by atoms with Gasteiger partial charge in [0.2, 0.25) is 5.91 Å². The molecule has 0 saturated heterocycles. The zero-order valence-electron chi connectivity index (χ0n) is 15.7. The highest BCUT2D eigenvalue weighted by atomic mass is 19.1. The van der Waals surface area contributed by atoms with Crippen LogP contribution in [0.5, 0.6) is 0 Å². The third-order valence-electron chi connectivity index (χ3n) is 5.01. The first-order valence-electron chi connectivity index (χ1n) is 9.24. The Morgan fingerprint density at radius 1 is 1.21 bits per heavy atom. The van der Waals surface area contributed by atoms with Crippen LogP contribution in [0.4, 0.5) is 8.78 Å². The van der Waals surface area contributed by atoms with E-state index in [9.17, 15) is 13.6 Å². The maximum atomic E-state index is 13.6. The second kappa shape index (κ2) is 7.18. The molecular weight excluding hydrogens is 364 g/mol. The van der Waals surface area contributed by atoms with Gasteiger partial charge in [0.25, 0.3) is 0 Å². The fourth-order valence-corrected chi connectivity index (χ4v) is 3.80. The molecule has 3 aromatic rings. The number of aryl methyl sites for hydroxylation is 2. The Hall–Kier alpha value is -3.03. The van der Waals surface area contributed by atoms with Crippen molar-refractivity contribution in [2.24, 2.45) is 0 Å². The van der Waals surface area contributed by atoms with E-state index in [1.54, 1.807) is 15.6 Å². The van der Waals surface area contributed by atoms with Crippen LogP contribution in [0.25, 0.3) is 5.69 Å². The molecule has 1 aliphatic carbocycles. The molecule has 0 saturated carbocycles. The molecule has 2 aromatic heterocycles. The van der Waals surface area contributed by atoms with Crippen LogP contribution < -0.4 is 5.32 Å². The molecule has 0 unspecified atom stereocenters. The Morgan fingerprint density at radius 3 is 2.64 bits per heavy atom. The summed E-state index contributed by atoms with van der Waals surface area (Å²) in [5.74, 6) is -1.43. The Morgan fingerprint density at radius 2 is 1.96 bits per heavy atom. The van der Waals surface area contributed by atoms with E-state index in [-0.39, 0.29) is 18.5 Å². The summed E-state index contributed by atoms with van der Waals surface area (Å²) in [5.41, 5.74) is 3.89. The summed E-state index contributed by atoms with van der Waals surface area (Å²) >= 11 is 0. The molecule has 2 heterocycles. The number of amides is 1. The van der Waals surface area contributed by atoms with Crippen LogP contribution in [-0.4, -0.2) is 25.5 Å². The summed E-state index contributed by atoms with van der Waals surface area (Å²) in [7, 11) is 0. The minimum atomic E-state index is -0.648. The lowest BCUT2D eigenvalue weighted by atomic mass is 9.93. The van der Waals surface area contributed by atoms with Crippen molar-refractivity contribution in [3.05, 3.63) is 64.7 Å². The molecule has 1 aromatic carbocycles. The van der Waals surface area contributed by atoms with E-state index < -0.39 is 11.6 Å². The number of hydrogen-bond donors (Lipinski definition) is 1. The molecule has 0 bridgehead atoms. The number of benzene rings is 1. The van der Waals surface area contributed by atoms with Crippen LogP contribution >= 0.6 is 0 Å². The lowest BCUT2D eigenvalue weighted by Crippen LogP contribution is -2.33. The molecule has 146 valence electrons. The normalized spacial score (nSPS) is 16.1. The minimum absolute atomic E-state index is 0.131. The summed E-state index contributed by atoms with van der Waals surface area (Å²) in [6.45, 7) is 3.95. The number of nitrogens with zero attached hydrogens (tertiary/aromatic N) is 4. The second-order valence-corrected chi connectivity index (χ2v) is 7.18. The number of hydrogen-bond acceptors (Lipinski definition) is 3. The lowest BCUT2D eigenvalue weighted by molar-refractivity contribution is -0.122. The topological polar surface area (TPSA) is 64.7 Å². The van der Waals surface area contributed by atoms with Crippen molar-refractivity contribution >= 4 is 5.91 Å². The second-order valence-electron chi connectivity index (χ2n) is 7.18. The number of halogens is 2. The van der Waals surface area contributed by atoms with E-state index in [4.69, 9.17) is 0 Å². The van der Waals surface area contributed by atoms with Gasteiger partial charge >= 0.3 is 0 Å². The fraction of sp³-hybridized carbons (Fsp3) is 0.350. The standard InChI is InChI=1S/C20H21F2N5O/c1-12-6-13(2)26(25-12)11-20(28)24-18-4-3-5-19-17(18)10-23-27(19)16-8-14(21)7-15(22)9-16/h6-10,18H,3-5,11H2,1-2H3,(H,24,28)/t18-/m0/s1. The van der Waals surface area contributed by atoms with Crippen LogP contribution in [0.15, 0.2) is 30.5 Å². The maximum absolute atomic E-state index is 13.6. The Labute approximate surface area is 161 Å². The van der Waals surface area contributed by atoms with Gasteiger partial charge in [-0.1, -0.05) is 0 Å². The van der Waals surface area contributed by atoms with Crippen molar-refractivity contribution in [2.45, 2.75) is 45.7 Å². The van der Waals surface area contributed by atoms with Gasteiger partial charge in [0.1, 0.15) is 18.2 Å². The molecule has 8 heteroatoms. The third-order valence-corrected chi connectivity index (χ3v) is 5.01. The molecule has 0 aliphatic heterocycles. The smallest absolute Gasteiger partial charge is 0.242 e. The Balaban J connectivity index is 1.55. The number of nitrogens with one attached hydrogen (secondary N) is 1. The zero-order valence-corrected chi connectivity index (χ0v) is 15.7. The van der Waals surface area contributed by atoms with Crippen molar-refractivity contribution in [1.29, 1.82) is 0 Å². The van der Waals surface area contributed by atoms with Gasteiger partial charge in [0.15, 0.2) is 0 Å². The predicted molar refractivity (Wildman–Crippen MR) is 99.0 cm³/mol. The Bertz CT molecular complexity index is 1020. The lowest BCUT2D eigenvalue weighted by Gasteiger charge is -2.24. The molecule has 0 fully saturated rings. The van der Waals surface area contributed by atoms with Crippen LogP contribution in [0.3, 0.4) is 0 Å². The van der Waals surface area contributed by atoms with Crippen molar-refractivity contribution in [3.8, 4) is 5.69 Å². The van der Waals surface area contributed by atoms with Crippen LogP contribution in [0, 0.1) is 25.5 Å². The quantitative estimate of drug-likeness (QED) is 0.750. The van der Waals surface area contributed by atoms with E-state index in [1.807, 2.05) is 19.9 Å². The van der Waals surface area contributed by atoms with Crippen LogP contribution in [-0.2, 0) is 17.8 Å². The molecule has 1 N–H and O–H groups in total. The molecular formula is C20H21F2N5O. The van der Waals surface area contributed by atoms with Gasteiger partial charge in [-0.15, -0.1) is 0 Å². The highest BCUT2D eigenvalue weighted by Gasteiger charge is 2.26. The van der Waals surface area contributed by atoms with Gasteiger partial charge in [-0.05, 0) is 51.3 Å². The number of fused-ring (bicyclic) bond motifs is 1. The fourth-order valence-electron chi connectivity index (χ4n) is 3.80. The van der Waals surface area contributed by atoms with E-state index >= 15 is 0 Å². The SMILES string of the molecule is Cc1cc(C)n(CC(=O)N[C@H]2CCCc3c2cnn3-c2cc(F)cc(F)c2)n1. The summed E-state index contributed by atoms with van der Waals surface area (Å²) in [6, 6.07) is 5.08. The van der Waals surface area contributed by atoms with Gasteiger partial charge in [0, 0.05) is 23.0 Å². The number of carbonyl (C=O) groups is 1. The van der Waals surface area contributed by atoms with Gasteiger partial charge < -0.3 is 5.32 Å². The van der Waals surface area contributed by atoms with E-state index in [0.717, 1.165) is 48.0 Å². The molecule has 1 aliphatic rings. The summed E-state index contributed by atoms with van der Waals surface area (Å²) in [6.07, 6.45) is 4.04. The molecule has 0 radical (unpaired) electrons. The predicted octanol–water partition coefficient (Wildman–Crippen LogP) is 3.16. The van der Waals surface area contributed by atoms with E-state index in [0.29, 0.717) is 5.69 Å². The van der Waals surface area contributed by atoms with Gasteiger partial charge in [-0.3, -0.25) is 9.48 Å². The summed E-state index contributed by atoms with van der Waals surface area (Å²) in [5, 5.41) is 11.7. The molecule has 4 rings (SSSR count). The molecule has 28 heavy (non-hydrogen) atoms.